The van der Waals surface area contributed by atoms with Gasteiger partial charge in [-0.3, -0.25) is 4.79 Å². The maximum atomic E-state index is 12.9. The summed E-state index contributed by atoms with van der Waals surface area (Å²) in [4.78, 5) is 17.3. The van der Waals surface area contributed by atoms with Gasteiger partial charge in [0.15, 0.2) is 0 Å². The monoisotopic (exact) mass is 372 g/mol. The average molecular weight is 373 g/mol. The first kappa shape index (κ1) is 18.8. The third-order valence-corrected chi connectivity index (χ3v) is 6.79. The first-order chi connectivity index (χ1) is 13.1. The summed E-state index contributed by atoms with van der Waals surface area (Å²) in [5, 5.41) is 0. The van der Waals surface area contributed by atoms with Crippen molar-refractivity contribution in [1.82, 2.24) is 9.80 Å². The molecule has 3 heterocycles. The number of amides is 1. The van der Waals surface area contributed by atoms with Gasteiger partial charge in [0.25, 0.3) is 0 Å². The Balaban J connectivity index is 1.44. The van der Waals surface area contributed by atoms with Gasteiger partial charge >= 0.3 is 0 Å². The first-order valence-corrected chi connectivity index (χ1v) is 10.4. The van der Waals surface area contributed by atoms with Crippen molar-refractivity contribution in [2.75, 3.05) is 40.4 Å². The fraction of sp³-hybridized carbons (Fsp3) is 0.682. The lowest BCUT2D eigenvalue weighted by atomic mass is 9.78. The van der Waals surface area contributed by atoms with E-state index in [4.69, 9.17) is 9.47 Å². The van der Waals surface area contributed by atoms with Crippen LogP contribution in [0.2, 0.25) is 0 Å². The summed E-state index contributed by atoms with van der Waals surface area (Å²) >= 11 is 0. The number of piperidine rings is 2. The molecule has 0 aromatic heterocycles. The molecule has 1 spiro atoms. The molecule has 1 aromatic carbocycles. The molecule has 0 bridgehead atoms. The van der Waals surface area contributed by atoms with Crippen molar-refractivity contribution in [3.8, 4) is 5.75 Å². The van der Waals surface area contributed by atoms with E-state index in [0.717, 1.165) is 57.7 Å². The van der Waals surface area contributed by atoms with Gasteiger partial charge in [-0.15, -0.1) is 0 Å². The Bertz CT molecular complexity index is 668. The van der Waals surface area contributed by atoms with E-state index in [1.165, 1.54) is 24.0 Å². The van der Waals surface area contributed by atoms with E-state index < -0.39 is 0 Å². The second kappa shape index (κ2) is 7.80. The molecule has 1 amide bonds. The molecule has 2 saturated heterocycles. The minimum Gasteiger partial charge on any atom is -0.496 e. The summed E-state index contributed by atoms with van der Waals surface area (Å²) in [5.74, 6) is 1.23. The van der Waals surface area contributed by atoms with Crippen LogP contribution in [0.25, 0.3) is 0 Å². The van der Waals surface area contributed by atoms with E-state index in [-0.39, 0.29) is 5.60 Å². The van der Waals surface area contributed by atoms with Crippen LogP contribution in [-0.2, 0) is 21.6 Å². The summed E-state index contributed by atoms with van der Waals surface area (Å²) < 4.78 is 12.0. The topological polar surface area (TPSA) is 42.0 Å². The smallest absolute Gasteiger partial charge is 0.224 e. The van der Waals surface area contributed by atoms with E-state index in [1.807, 2.05) is 6.07 Å². The predicted octanol–water partition coefficient (Wildman–Crippen LogP) is 2.96. The van der Waals surface area contributed by atoms with Crippen LogP contribution in [-0.4, -0.2) is 62.1 Å². The third-order valence-electron chi connectivity index (χ3n) is 6.79. The SMILES string of the molecule is COc1cccc2c1C1(CCN(C(=O)CC3CCCCN3C)CC1)OCC2. The van der Waals surface area contributed by atoms with Gasteiger partial charge in [-0.25, -0.2) is 0 Å². The fourth-order valence-corrected chi connectivity index (χ4v) is 5.15. The van der Waals surface area contributed by atoms with Crippen molar-refractivity contribution in [2.24, 2.45) is 0 Å². The highest BCUT2D eigenvalue weighted by molar-refractivity contribution is 5.77. The Hall–Kier alpha value is -1.59. The minimum absolute atomic E-state index is 0.293. The molecule has 3 aliphatic heterocycles. The molecular formula is C22H32N2O3. The maximum Gasteiger partial charge on any atom is 0.224 e. The van der Waals surface area contributed by atoms with Crippen LogP contribution in [0, 0.1) is 0 Å². The molecule has 0 radical (unpaired) electrons. The zero-order valence-corrected chi connectivity index (χ0v) is 16.7. The molecule has 2 fully saturated rings. The highest BCUT2D eigenvalue weighted by Gasteiger charge is 2.43. The first-order valence-electron chi connectivity index (χ1n) is 10.4. The lowest BCUT2D eigenvalue weighted by Gasteiger charge is -2.45. The highest BCUT2D eigenvalue weighted by Crippen LogP contribution is 2.45. The number of likely N-dealkylation sites (tertiary alicyclic amines) is 2. The number of carbonyl (C=O) groups is 1. The van der Waals surface area contributed by atoms with Crippen LogP contribution in [0.3, 0.4) is 0 Å². The predicted molar refractivity (Wildman–Crippen MR) is 105 cm³/mol. The maximum absolute atomic E-state index is 12.9. The van der Waals surface area contributed by atoms with E-state index in [9.17, 15) is 4.79 Å². The fourth-order valence-electron chi connectivity index (χ4n) is 5.15. The van der Waals surface area contributed by atoms with E-state index >= 15 is 0 Å². The van der Waals surface area contributed by atoms with Crippen molar-refractivity contribution < 1.29 is 14.3 Å². The van der Waals surface area contributed by atoms with Crippen LogP contribution in [0.1, 0.15) is 49.7 Å². The van der Waals surface area contributed by atoms with Crippen molar-refractivity contribution in [3.63, 3.8) is 0 Å². The van der Waals surface area contributed by atoms with Gasteiger partial charge in [0.1, 0.15) is 11.4 Å². The summed E-state index contributed by atoms with van der Waals surface area (Å²) in [6, 6.07) is 6.70. The Morgan fingerprint density at radius 2 is 2.07 bits per heavy atom. The van der Waals surface area contributed by atoms with Crippen LogP contribution >= 0.6 is 0 Å². The molecule has 1 aromatic rings. The van der Waals surface area contributed by atoms with Gasteiger partial charge in [-0.05, 0) is 57.3 Å². The average Bonchev–Trinajstić information content (AvgIpc) is 2.70. The number of rotatable bonds is 3. The number of hydrogen-bond donors (Lipinski definition) is 0. The minimum atomic E-state index is -0.293. The van der Waals surface area contributed by atoms with E-state index in [1.54, 1.807) is 7.11 Å². The van der Waals surface area contributed by atoms with Gasteiger partial charge in [-0.1, -0.05) is 18.6 Å². The second-order valence-corrected chi connectivity index (χ2v) is 8.30. The molecular weight excluding hydrogens is 340 g/mol. The van der Waals surface area contributed by atoms with Crippen molar-refractivity contribution >= 4 is 5.91 Å². The molecule has 5 nitrogen and oxygen atoms in total. The Labute approximate surface area is 162 Å². The summed E-state index contributed by atoms with van der Waals surface area (Å²) in [6.45, 7) is 3.41. The Morgan fingerprint density at radius 3 is 2.81 bits per heavy atom. The van der Waals surface area contributed by atoms with E-state index in [0.29, 0.717) is 18.4 Å². The Kier molecular flexibility index (Phi) is 5.42. The number of carbonyl (C=O) groups excluding carboxylic acids is 1. The summed E-state index contributed by atoms with van der Waals surface area (Å²) in [7, 11) is 3.89. The summed E-state index contributed by atoms with van der Waals surface area (Å²) in [6.07, 6.45) is 6.95. The van der Waals surface area contributed by atoms with Crippen molar-refractivity contribution in [3.05, 3.63) is 29.3 Å². The molecule has 148 valence electrons. The number of benzene rings is 1. The third kappa shape index (κ3) is 3.59. The zero-order chi connectivity index (χ0) is 18.9. The number of hydrogen-bond acceptors (Lipinski definition) is 4. The van der Waals surface area contributed by atoms with Gasteiger partial charge < -0.3 is 19.3 Å². The largest absolute Gasteiger partial charge is 0.496 e. The van der Waals surface area contributed by atoms with Crippen LogP contribution in [0.15, 0.2) is 18.2 Å². The van der Waals surface area contributed by atoms with Gasteiger partial charge in [0, 0.05) is 31.1 Å². The van der Waals surface area contributed by atoms with Crippen LogP contribution < -0.4 is 4.74 Å². The normalized spacial score (nSPS) is 25.3. The van der Waals surface area contributed by atoms with Crippen LogP contribution in [0.4, 0.5) is 0 Å². The lowest BCUT2D eigenvalue weighted by Crippen LogP contribution is -2.50. The molecule has 1 unspecified atom stereocenters. The van der Waals surface area contributed by atoms with Crippen molar-refractivity contribution in [2.45, 2.75) is 56.6 Å². The standard InChI is InChI=1S/C22H32N2O3/c1-23-12-4-3-7-18(23)16-20(25)24-13-10-22(11-14-24)21-17(9-15-27-22)6-5-8-19(21)26-2/h5-6,8,18H,3-4,7,9-16H2,1-2H3. The highest BCUT2D eigenvalue weighted by atomic mass is 16.5. The lowest BCUT2D eigenvalue weighted by molar-refractivity contribution is -0.142. The second-order valence-electron chi connectivity index (χ2n) is 8.30. The van der Waals surface area contributed by atoms with Crippen molar-refractivity contribution in [1.29, 1.82) is 0 Å². The van der Waals surface area contributed by atoms with Crippen LogP contribution in [0.5, 0.6) is 5.75 Å². The molecule has 4 rings (SSSR count). The molecule has 0 saturated carbocycles. The molecule has 0 aliphatic carbocycles. The van der Waals surface area contributed by atoms with Gasteiger partial charge in [-0.2, -0.15) is 0 Å². The molecule has 3 aliphatic rings. The molecule has 27 heavy (non-hydrogen) atoms. The summed E-state index contributed by atoms with van der Waals surface area (Å²) in [5.41, 5.74) is 2.26. The molecule has 5 heteroatoms. The number of nitrogens with zero attached hydrogens (tertiary/aromatic N) is 2. The number of methoxy groups -OCH3 is 1. The quantitative estimate of drug-likeness (QED) is 0.818. The zero-order valence-electron chi connectivity index (χ0n) is 16.7. The van der Waals surface area contributed by atoms with E-state index in [2.05, 4.69) is 29.0 Å². The molecule has 0 N–H and O–H groups in total. The Morgan fingerprint density at radius 1 is 1.26 bits per heavy atom. The van der Waals surface area contributed by atoms with Gasteiger partial charge in [0.05, 0.1) is 13.7 Å². The van der Waals surface area contributed by atoms with Gasteiger partial charge in [0.2, 0.25) is 5.91 Å². The molecule has 1 atom stereocenters. The number of ether oxygens (including phenoxy) is 2. The number of fused-ring (bicyclic) bond motifs is 2.